The Bertz CT molecular complexity index is 1950. The maximum absolute atomic E-state index is 13.5. The summed E-state index contributed by atoms with van der Waals surface area (Å²) in [7, 11) is -4.50. The van der Waals surface area contributed by atoms with Gasteiger partial charge >= 0.3 is 6.18 Å². The van der Waals surface area contributed by atoms with Crippen LogP contribution in [0.3, 0.4) is 0 Å². The van der Waals surface area contributed by atoms with Gasteiger partial charge in [0.05, 0.1) is 27.4 Å². The molecule has 0 aliphatic rings. The summed E-state index contributed by atoms with van der Waals surface area (Å²) < 4.78 is 73.8. The van der Waals surface area contributed by atoms with Crippen LogP contribution < -0.4 is 14.5 Å². The van der Waals surface area contributed by atoms with Gasteiger partial charge in [0.2, 0.25) is 0 Å². The van der Waals surface area contributed by atoms with Crippen molar-refractivity contribution < 1.29 is 31.1 Å². The summed E-state index contributed by atoms with van der Waals surface area (Å²) in [4.78, 5) is 12.6. The molecule has 5 rings (SSSR count). The number of hydrazone groups is 1. The Morgan fingerprint density at radius 3 is 2.31 bits per heavy atom. The second-order valence-electron chi connectivity index (χ2n) is 9.78. The summed E-state index contributed by atoms with van der Waals surface area (Å²) >= 11 is 6.15. The molecule has 1 amide bonds. The van der Waals surface area contributed by atoms with Gasteiger partial charge in [-0.25, -0.2) is 13.8 Å². The zero-order chi connectivity index (χ0) is 32.0. The second kappa shape index (κ2) is 13.4. The Balaban J connectivity index is 1.27. The minimum atomic E-state index is -4.77. The van der Waals surface area contributed by atoms with Gasteiger partial charge in [-0.05, 0) is 76.5 Å². The molecule has 0 aliphatic heterocycles. The van der Waals surface area contributed by atoms with Crippen LogP contribution in [0.25, 0.3) is 10.8 Å². The normalized spacial score (nSPS) is 11.9. The summed E-state index contributed by atoms with van der Waals surface area (Å²) in [5.74, 6) is -0.293. The first-order chi connectivity index (χ1) is 21.5. The predicted octanol–water partition coefficient (Wildman–Crippen LogP) is 7.44. The highest BCUT2D eigenvalue weighted by molar-refractivity contribution is 7.92. The van der Waals surface area contributed by atoms with Crippen LogP contribution in [-0.2, 0) is 27.6 Å². The van der Waals surface area contributed by atoms with Crippen molar-refractivity contribution in [2.24, 2.45) is 5.10 Å². The van der Waals surface area contributed by atoms with Crippen molar-refractivity contribution >= 4 is 50.2 Å². The summed E-state index contributed by atoms with van der Waals surface area (Å²) in [5.41, 5.74) is 2.23. The van der Waals surface area contributed by atoms with E-state index < -0.39 is 39.9 Å². The minimum absolute atomic E-state index is 0.238. The monoisotopic (exact) mass is 651 g/mol. The molecule has 230 valence electrons. The second-order valence-corrected chi connectivity index (χ2v) is 12.0. The van der Waals surface area contributed by atoms with Crippen LogP contribution >= 0.6 is 11.6 Å². The molecule has 5 aromatic carbocycles. The van der Waals surface area contributed by atoms with Gasteiger partial charge in [0, 0.05) is 0 Å². The maximum atomic E-state index is 13.5. The first-order valence-electron chi connectivity index (χ1n) is 13.5. The molecule has 45 heavy (non-hydrogen) atoms. The van der Waals surface area contributed by atoms with Crippen LogP contribution in [0.1, 0.15) is 16.7 Å². The van der Waals surface area contributed by atoms with E-state index in [-0.39, 0.29) is 9.92 Å². The van der Waals surface area contributed by atoms with E-state index in [0.29, 0.717) is 28.3 Å². The molecular formula is C33H25ClF3N3O4S. The average Bonchev–Trinajstić information content (AvgIpc) is 3.03. The topological polar surface area (TPSA) is 88.1 Å². The van der Waals surface area contributed by atoms with Crippen LogP contribution in [0.5, 0.6) is 5.75 Å². The fourth-order valence-electron chi connectivity index (χ4n) is 4.47. The van der Waals surface area contributed by atoms with E-state index in [2.05, 4.69) is 10.5 Å². The molecule has 0 radical (unpaired) electrons. The largest absolute Gasteiger partial charge is 0.489 e. The summed E-state index contributed by atoms with van der Waals surface area (Å²) in [6.45, 7) is -0.528. The Labute approximate surface area is 262 Å². The van der Waals surface area contributed by atoms with Crippen LogP contribution in [0, 0.1) is 0 Å². The summed E-state index contributed by atoms with van der Waals surface area (Å²) in [6.07, 6.45) is -3.44. The quantitative estimate of drug-likeness (QED) is 0.126. The number of nitrogens with zero attached hydrogens (tertiary/aromatic N) is 2. The number of alkyl halides is 3. The van der Waals surface area contributed by atoms with Gasteiger partial charge < -0.3 is 4.74 Å². The van der Waals surface area contributed by atoms with E-state index in [1.807, 2.05) is 42.5 Å². The van der Waals surface area contributed by atoms with Gasteiger partial charge in [0.15, 0.2) is 0 Å². The van der Waals surface area contributed by atoms with Crippen LogP contribution in [0.15, 0.2) is 125 Å². The van der Waals surface area contributed by atoms with Crippen molar-refractivity contribution in [1.82, 2.24) is 5.43 Å². The number of ether oxygens (including phenoxy) is 1. The Morgan fingerprint density at radius 1 is 0.889 bits per heavy atom. The molecule has 5 aromatic rings. The number of hydrogen-bond acceptors (Lipinski definition) is 5. The number of sulfonamides is 1. The molecule has 0 spiro atoms. The van der Waals surface area contributed by atoms with Crippen molar-refractivity contribution in [1.29, 1.82) is 0 Å². The van der Waals surface area contributed by atoms with E-state index in [1.165, 1.54) is 30.5 Å². The fraction of sp³-hybridized carbons (Fsp3) is 0.0909. The smallest absolute Gasteiger partial charge is 0.416 e. The number of amides is 1. The molecular weight excluding hydrogens is 627 g/mol. The van der Waals surface area contributed by atoms with E-state index >= 15 is 0 Å². The van der Waals surface area contributed by atoms with Crippen molar-refractivity contribution in [3.05, 3.63) is 137 Å². The molecule has 7 nitrogen and oxygen atoms in total. The van der Waals surface area contributed by atoms with E-state index in [9.17, 15) is 26.4 Å². The van der Waals surface area contributed by atoms with E-state index in [0.717, 1.165) is 28.5 Å². The molecule has 12 heteroatoms. The third-order valence-electron chi connectivity index (χ3n) is 6.72. The van der Waals surface area contributed by atoms with Gasteiger partial charge in [-0.1, -0.05) is 72.3 Å². The number of nitrogens with one attached hydrogen (secondary N) is 1. The van der Waals surface area contributed by atoms with Gasteiger partial charge in [0.25, 0.3) is 15.9 Å². The van der Waals surface area contributed by atoms with Crippen LogP contribution in [0.4, 0.5) is 18.9 Å². The molecule has 0 aliphatic carbocycles. The van der Waals surface area contributed by atoms with Gasteiger partial charge in [0.1, 0.15) is 18.9 Å². The molecule has 0 saturated heterocycles. The highest BCUT2D eigenvalue weighted by Gasteiger charge is 2.34. The first-order valence-corrected chi connectivity index (χ1v) is 15.3. The Hall–Kier alpha value is -4.87. The highest BCUT2D eigenvalue weighted by atomic mass is 35.5. The van der Waals surface area contributed by atoms with Gasteiger partial charge in [-0.15, -0.1) is 0 Å². The lowest BCUT2D eigenvalue weighted by molar-refractivity contribution is -0.137. The standard InChI is InChI=1S/C33H25ClF3N3O4S/c34-30-18-15-26(33(35,36)37)19-31(30)40(45(42,43)28-10-2-1-3-11-28)21-32(41)39-38-20-23-13-16-27(17-14-23)44-22-25-9-6-8-24-7-4-5-12-29(24)25/h1-20H,21-22H2,(H,39,41)/b38-20-. The number of fused-ring (bicyclic) bond motifs is 1. The number of benzene rings is 5. The highest BCUT2D eigenvalue weighted by Crippen LogP contribution is 2.37. The molecule has 1 N–H and O–H groups in total. The molecule has 0 unspecified atom stereocenters. The van der Waals surface area contributed by atoms with Gasteiger partial charge in [-0.2, -0.15) is 18.3 Å². The third kappa shape index (κ3) is 7.62. The van der Waals surface area contributed by atoms with E-state index in [1.54, 1.807) is 30.3 Å². The predicted molar refractivity (Wildman–Crippen MR) is 168 cm³/mol. The third-order valence-corrected chi connectivity index (χ3v) is 8.81. The van der Waals surface area contributed by atoms with E-state index in [4.69, 9.17) is 16.3 Å². The van der Waals surface area contributed by atoms with Crippen molar-refractivity contribution in [3.8, 4) is 5.75 Å². The SMILES string of the molecule is O=C(CN(c1cc(C(F)(F)F)ccc1Cl)S(=O)(=O)c1ccccc1)N/N=C\c1ccc(OCc2cccc3ccccc23)cc1. The number of carbonyl (C=O) groups is 1. The average molecular weight is 652 g/mol. The zero-order valence-corrected chi connectivity index (χ0v) is 25.0. The maximum Gasteiger partial charge on any atom is 0.416 e. The number of carbonyl (C=O) groups excluding carboxylic acids is 1. The minimum Gasteiger partial charge on any atom is -0.489 e. The lowest BCUT2D eigenvalue weighted by atomic mass is 10.1. The molecule has 0 aromatic heterocycles. The number of hydrogen-bond donors (Lipinski definition) is 1. The summed E-state index contributed by atoms with van der Waals surface area (Å²) in [5, 5.41) is 5.81. The zero-order valence-electron chi connectivity index (χ0n) is 23.4. The Kier molecular flexibility index (Phi) is 9.40. The molecule has 0 heterocycles. The number of halogens is 4. The lowest BCUT2D eigenvalue weighted by Crippen LogP contribution is -2.40. The number of anilines is 1. The Morgan fingerprint density at radius 2 is 1.58 bits per heavy atom. The van der Waals surface area contributed by atoms with Crippen molar-refractivity contribution in [2.75, 3.05) is 10.8 Å². The fourth-order valence-corrected chi connectivity index (χ4v) is 6.20. The van der Waals surface area contributed by atoms with Crippen molar-refractivity contribution in [2.45, 2.75) is 17.7 Å². The molecule has 0 saturated carbocycles. The molecule has 0 bridgehead atoms. The number of rotatable bonds is 10. The summed E-state index contributed by atoms with van der Waals surface area (Å²) in [6, 6.07) is 30.1. The van der Waals surface area contributed by atoms with Crippen LogP contribution in [0.2, 0.25) is 5.02 Å². The van der Waals surface area contributed by atoms with Gasteiger partial charge in [-0.3, -0.25) is 9.10 Å². The first kappa shape index (κ1) is 31.6. The van der Waals surface area contributed by atoms with Crippen LogP contribution in [-0.4, -0.2) is 27.1 Å². The molecule has 0 fully saturated rings. The lowest BCUT2D eigenvalue weighted by Gasteiger charge is -2.25. The molecule has 0 atom stereocenters. The van der Waals surface area contributed by atoms with Crippen molar-refractivity contribution in [3.63, 3.8) is 0 Å².